The molecule has 0 spiro atoms. The van der Waals surface area contributed by atoms with Gasteiger partial charge in [-0.2, -0.15) is 0 Å². The number of quaternary nitrogens is 1. The summed E-state index contributed by atoms with van der Waals surface area (Å²) in [6, 6.07) is 0. The lowest BCUT2D eigenvalue weighted by Crippen LogP contribution is -3.00. The minimum absolute atomic E-state index is 0. The lowest BCUT2D eigenvalue weighted by molar-refractivity contribution is -0.906. The highest BCUT2D eigenvalue weighted by molar-refractivity contribution is 4.79. The summed E-state index contributed by atoms with van der Waals surface area (Å²) in [4.78, 5) is 0. The van der Waals surface area contributed by atoms with E-state index in [1.807, 2.05) is 24.3 Å². The second kappa shape index (κ2) is 11.7. The summed E-state index contributed by atoms with van der Waals surface area (Å²) in [5.74, 6) is 0. The van der Waals surface area contributed by atoms with E-state index in [4.69, 9.17) is 0 Å². The van der Waals surface area contributed by atoms with Gasteiger partial charge < -0.3 is 33.9 Å². The van der Waals surface area contributed by atoms with Crippen LogP contribution in [0.3, 0.4) is 0 Å². The molecule has 0 atom stereocenters. The van der Waals surface area contributed by atoms with Crippen molar-refractivity contribution in [1.29, 1.82) is 0 Å². The number of rotatable bonds is 8. The predicted molar refractivity (Wildman–Crippen MR) is 64.1 cm³/mol. The molecule has 0 aliphatic rings. The van der Waals surface area contributed by atoms with Crippen molar-refractivity contribution < 1.29 is 33.9 Å². The predicted octanol–water partition coefficient (Wildman–Crippen LogP) is -1.27. The maximum atomic E-state index is 3.77. The van der Waals surface area contributed by atoms with Gasteiger partial charge in [0.1, 0.15) is 0 Å². The van der Waals surface area contributed by atoms with E-state index in [0.29, 0.717) is 0 Å². The Balaban J connectivity index is -0.000000720. The molecule has 15 heavy (non-hydrogen) atoms. The van der Waals surface area contributed by atoms with E-state index in [1.165, 1.54) is 0 Å². The summed E-state index contributed by atoms with van der Waals surface area (Å²) >= 11 is 0. The van der Waals surface area contributed by atoms with Gasteiger partial charge in [0.2, 0.25) is 0 Å². The molecule has 0 unspecified atom stereocenters. The molecule has 0 amide bonds. The van der Waals surface area contributed by atoms with Gasteiger partial charge in [0.15, 0.2) is 0 Å². The topological polar surface area (TPSA) is 31.5 Å². The molecular weight excluding hydrogens is 301 g/mol. The Morgan fingerprint density at radius 1 is 0.667 bits per heavy atom. The second-order valence-electron chi connectivity index (χ2n) is 3.23. The van der Waals surface area contributed by atoms with Crippen molar-refractivity contribution in [1.82, 2.24) is 0 Å². The van der Waals surface area contributed by atoms with Crippen LogP contribution in [0.25, 0.3) is 0 Å². The highest BCUT2D eigenvalue weighted by atomic mass is 127. The SMILES string of the molecule is C=CC[N+](CC=C)(CC=C)CC=C.O.[I-]. The molecule has 0 fully saturated rings. The van der Waals surface area contributed by atoms with E-state index in [0.717, 1.165) is 30.7 Å². The smallest absolute Gasteiger partial charge is 0.0978 e. The maximum Gasteiger partial charge on any atom is 0.0978 e. The molecule has 0 aliphatic heterocycles. The van der Waals surface area contributed by atoms with Gasteiger partial charge in [0.05, 0.1) is 26.2 Å². The van der Waals surface area contributed by atoms with Gasteiger partial charge in [-0.15, -0.1) is 0 Å². The van der Waals surface area contributed by atoms with Gasteiger partial charge in [-0.05, 0) is 24.3 Å². The van der Waals surface area contributed by atoms with E-state index in [1.54, 1.807) is 0 Å². The molecule has 0 saturated heterocycles. The van der Waals surface area contributed by atoms with E-state index < -0.39 is 0 Å². The zero-order valence-corrected chi connectivity index (χ0v) is 11.4. The van der Waals surface area contributed by atoms with Crippen molar-refractivity contribution >= 4 is 0 Å². The quantitative estimate of drug-likeness (QED) is 0.303. The maximum absolute atomic E-state index is 3.77. The Hall–Kier alpha value is -0.390. The van der Waals surface area contributed by atoms with Crippen molar-refractivity contribution in [3.05, 3.63) is 50.6 Å². The van der Waals surface area contributed by atoms with Crippen LogP contribution in [0.2, 0.25) is 0 Å². The van der Waals surface area contributed by atoms with Gasteiger partial charge in [0.25, 0.3) is 0 Å². The average molecular weight is 323 g/mol. The van der Waals surface area contributed by atoms with Crippen molar-refractivity contribution in [2.45, 2.75) is 0 Å². The Morgan fingerprint density at radius 3 is 1.00 bits per heavy atom. The van der Waals surface area contributed by atoms with Crippen LogP contribution in [0.4, 0.5) is 0 Å². The van der Waals surface area contributed by atoms with Crippen LogP contribution < -0.4 is 24.0 Å². The third-order valence-electron chi connectivity index (χ3n) is 2.07. The Morgan fingerprint density at radius 2 is 0.867 bits per heavy atom. The van der Waals surface area contributed by atoms with Crippen LogP contribution in [0.15, 0.2) is 50.6 Å². The fraction of sp³-hybridized carbons (Fsp3) is 0.333. The van der Waals surface area contributed by atoms with Gasteiger partial charge in [-0.3, -0.25) is 0 Å². The minimum atomic E-state index is 0. The average Bonchev–Trinajstić information content (AvgIpc) is 2.06. The molecule has 0 aromatic rings. The summed E-state index contributed by atoms with van der Waals surface area (Å²) in [6.07, 6.45) is 7.76. The summed E-state index contributed by atoms with van der Waals surface area (Å²) in [5, 5.41) is 0. The number of hydrogen-bond donors (Lipinski definition) is 0. The number of halogens is 1. The van der Waals surface area contributed by atoms with Gasteiger partial charge in [-0.1, -0.05) is 26.3 Å². The molecular formula is C12H22INO. The fourth-order valence-electron chi connectivity index (χ4n) is 1.54. The molecule has 0 bridgehead atoms. The Bertz CT molecular complexity index is 156. The van der Waals surface area contributed by atoms with Gasteiger partial charge in [0, 0.05) is 0 Å². The molecule has 88 valence electrons. The molecule has 0 aromatic carbocycles. The van der Waals surface area contributed by atoms with E-state index >= 15 is 0 Å². The molecule has 0 radical (unpaired) electrons. The van der Waals surface area contributed by atoms with Crippen molar-refractivity contribution in [3.63, 3.8) is 0 Å². The Kier molecular flexibility index (Phi) is 15.6. The molecule has 2 N–H and O–H groups in total. The lowest BCUT2D eigenvalue weighted by Gasteiger charge is -2.35. The normalized spacial score (nSPS) is 9.07. The summed E-state index contributed by atoms with van der Waals surface area (Å²) in [5.41, 5.74) is 0. The van der Waals surface area contributed by atoms with Crippen molar-refractivity contribution in [3.8, 4) is 0 Å². The number of nitrogens with zero attached hydrogens (tertiary/aromatic N) is 1. The fourth-order valence-corrected chi connectivity index (χ4v) is 1.54. The Labute approximate surface area is 111 Å². The third kappa shape index (κ3) is 7.53. The first-order chi connectivity index (χ1) is 6.24. The molecule has 0 aliphatic carbocycles. The number of hydrogen-bond acceptors (Lipinski definition) is 0. The zero-order valence-electron chi connectivity index (χ0n) is 9.29. The summed E-state index contributed by atoms with van der Waals surface area (Å²) in [7, 11) is 0. The standard InChI is InChI=1S/C12H20N.HI.H2O/c1-5-9-13(10-6-2,11-7-3)12-8-4;;/h5-8H,1-4,9-12H2;1H;1H2/q+1;;/p-1. The van der Waals surface area contributed by atoms with Crippen LogP contribution in [0.1, 0.15) is 0 Å². The molecule has 3 heteroatoms. The highest BCUT2D eigenvalue weighted by Gasteiger charge is 2.20. The monoisotopic (exact) mass is 323 g/mol. The minimum Gasteiger partial charge on any atom is -1.00 e. The second-order valence-corrected chi connectivity index (χ2v) is 3.23. The van der Waals surface area contributed by atoms with Crippen LogP contribution in [-0.2, 0) is 0 Å². The van der Waals surface area contributed by atoms with E-state index in [2.05, 4.69) is 26.3 Å². The largest absolute Gasteiger partial charge is 1.00 e. The molecule has 0 saturated carbocycles. The van der Waals surface area contributed by atoms with Crippen LogP contribution in [-0.4, -0.2) is 36.1 Å². The molecule has 0 rings (SSSR count). The summed E-state index contributed by atoms with van der Waals surface area (Å²) in [6.45, 7) is 18.8. The van der Waals surface area contributed by atoms with E-state index in [9.17, 15) is 0 Å². The lowest BCUT2D eigenvalue weighted by atomic mass is 10.3. The van der Waals surface area contributed by atoms with Crippen LogP contribution >= 0.6 is 0 Å². The van der Waals surface area contributed by atoms with Crippen LogP contribution in [0.5, 0.6) is 0 Å². The molecule has 0 heterocycles. The van der Waals surface area contributed by atoms with Crippen molar-refractivity contribution in [2.24, 2.45) is 0 Å². The summed E-state index contributed by atoms with van der Waals surface area (Å²) < 4.78 is 0.903. The third-order valence-corrected chi connectivity index (χ3v) is 2.07. The highest BCUT2D eigenvalue weighted by Crippen LogP contribution is 2.07. The molecule has 2 nitrogen and oxygen atoms in total. The molecule has 0 aromatic heterocycles. The van der Waals surface area contributed by atoms with Crippen molar-refractivity contribution in [2.75, 3.05) is 26.2 Å². The van der Waals surface area contributed by atoms with E-state index in [-0.39, 0.29) is 29.5 Å². The van der Waals surface area contributed by atoms with Gasteiger partial charge >= 0.3 is 0 Å². The van der Waals surface area contributed by atoms with Gasteiger partial charge in [-0.25, -0.2) is 0 Å². The first-order valence-corrected chi connectivity index (χ1v) is 4.53. The zero-order chi connectivity index (χ0) is 10.2. The van der Waals surface area contributed by atoms with Crippen LogP contribution in [0, 0.1) is 0 Å². The first kappa shape index (κ1) is 20.1. The first-order valence-electron chi connectivity index (χ1n) is 4.53.